The number of nitrogens with one attached hydrogen (secondary N) is 1. The first-order valence-corrected chi connectivity index (χ1v) is 5.36. The minimum Gasteiger partial charge on any atom is -0.493 e. The molecule has 0 bridgehead atoms. The molecule has 2 aromatic rings. The Kier molecular flexibility index (Phi) is 3.59. The summed E-state index contributed by atoms with van der Waals surface area (Å²) in [4.78, 5) is 8.25. The molecule has 0 radical (unpaired) electrons. The Morgan fingerprint density at radius 1 is 1.17 bits per heavy atom. The highest BCUT2D eigenvalue weighted by Crippen LogP contribution is 2.30. The number of benzene rings is 1. The molecule has 6 heteroatoms. The van der Waals surface area contributed by atoms with Gasteiger partial charge in [0.1, 0.15) is 11.6 Å². The molecule has 94 valence electrons. The summed E-state index contributed by atoms with van der Waals surface area (Å²) in [6.45, 7) is 1.76. The van der Waals surface area contributed by atoms with E-state index in [-0.39, 0.29) is 0 Å². The average molecular weight is 246 g/mol. The van der Waals surface area contributed by atoms with Gasteiger partial charge in [-0.25, -0.2) is 10.8 Å². The van der Waals surface area contributed by atoms with E-state index >= 15 is 0 Å². The summed E-state index contributed by atoms with van der Waals surface area (Å²) in [5, 5.41) is 0. The fourth-order valence-corrected chi connectivity index (χ4v) is 1.48. The standard InChI is InChI=1S/C12H14N4O2/c1-8-14-11(16-13)7-12(15-8)18-10-6-4-3-5-9(10)17-2/h3-7H,13H2,1-2H3,(H,14,15,16). The number of hydrazine groups is 1. The Morgan fingerprint density at radius 2 is 1.89 bits per heavy atom. The van der Waals surface area contributed by atoms with Crippen molar-refractivity contribution < 1.29 is 9.47 Å². The molecule has 6 nitrogen and oxygen atoms in total. The first-order valence-electron chi connectivity index (χ1n) is 5.36. The van der Waals surface area contributed by atoms with E-state index in [1.807, 2.05) is 18.2 Å². The number of hydrogen-bond acceptors (Lipinski definition) is 6. The van der Waals surface area contributed by atoms with Gasteiger partial charge in [-0.2, -0.15) is 4.98 Å². The second-order valence-electron chi connectivity index (χ2n) is 3.54. The van der Waals surface area contributed by atoms with Crippen LogP contribution < -0.4 is 20.7 Å². The molecule has 0 saturated carbocycles. The molecule has 2 rings (SSSR count). The fourth-order valence-electron chi connectivity index (χ4n) is 1.48. The van der Waals surface area contributed by atoms with Gasteiger partial charge in [0.2, 0.25) is 5.88 Å². The molecule has 0 aliphatic rings. The molecule has 0 unspecified atom stereocenters. The van der Waals surface area contributed by atoms with Gasteiger partial charge in [-0.3, -0.25) is 0 Å². The Labute approximate surface area is 105 Å². The van der Waals surface area contributed by atoms with E-state index in [2.05, 4.69) is 15.4 Å². The van der Waals surface area contributed by atoms with Gasteiger partial charge in [0.05, 0.1) is 7.11 Å². The smallest absolute Gasteiger partial charge is 0.224 e. The van der Waals surface area contributed by atoms with Crippen LogP contribution in [0, 0.1) is 6.92 Å². The third-order valence-electron chi connectivity index (χ3n) is 2.25. The molecule has 18 heavy (non-hydrogen) atoms. The van der Waals surface area contributed by atoms with Crippen LogP contribution in [0.25, 0.3) is 0 Å². The van der Waals surface area contributed by atoms with E-state index in [0.717, 1.165) is 0 Å². The monoisotopic (exact) mass is 246 g/mol. The second kappa shape index (κ2) is 5.33. The molecule has 0 aliphatic heterocycles. The van der Waals surface area contributed by atoms with E-state index in [1.54, 1.807) is 26.2 Å². The third-order valence-corrected chi connectivity index (χ3v) is 2.25. The topological polar surface area (TPSA) is 82.3 Å². The van der Waals surface area contributed by atoms with Crippen molar-refractivity contribution in [2.75, 3.05) is 12.5 Å². The largest absolute Gasteiger partial charge is 0.493 e. The molecule has 1 heterocycles. The lowest BCUT2D eigenvalue weighted by molar-refractivity contribution is 0.373. The molecule has 0 aliphatic carbocycles. The van der Waals surface area contributed by atoms with Crippen molar-refractivity contribution in [2.24, 2.45) is 5.84 Å². The zero-order chi connectivity index (χ0) is 13.0. The molecule has 0 atom stereocenters. The molecule has 0 spiro atoms. The lowest BCUT2D eigenvalue weighted by atomic mass is 10.3. The van der Waals surface area contributed by atoms with Crippen LogP contribution in [0.15, 0.2) is 30.3 Å². The summed E-state index contributed by atoms with van der Waals surface area (Å²) in [5.74, 6) is 8.00. The van der Waals surface area contributed by atoms with Crippen molar-refractivity contribution in [1.29, 1.82) is 0 Å². The Morgan fingerprint density at radius 3 is 2.56 bits per heavy atom. The second-order valence-corrected chi connectivity index (χ2v) is 3.54. The van der Waals surface area contributed by atoms with Crippen LogP contribution in [0.1, 0.15) is 5.82 Å². The van der Waals surface area contributed by atoms with Gasteiger partial charge in [0, 0.05) is 6.07 Å². The molecule has 0 fully saturated rings. The molecular formula is C12H14N4O2. The quantitative estimate of drug-likeness (QED) is 0.633. The highest BCUT2D eigenvalue weighted by molar-refractivity contribution is 5.43. The van der Waals surface area contributed by atoms with Gasteiger partial charge in [-0.15, -0.1) is 0 Å². The van der Waals surface area contributed by atoms with Crippen LogP contribution in [0.3, 0.4) is 0 Å². The number of ether oxygens (including phenoxy) is 2. The predicted octanol–water partition coefficient (Wildman–Crippen LogP) is 1.87. The number of hydrogen-bond donors (Lipinski definition) is 2. The van der Waals surface area contributed by atoms with Crippen LogP contribution >= 0.6 is 0 Å². The van der Waals surface area contributed by atoms with E-state index in [0.29, 0.717) is 29.0 Å². The van der Waals surface area contributed by atoms with Gasteiger partial charge in [-0.05, 0) is 19.1 Å². The molecule has 1 aromatic heterocycles. The summed E-state index contributed by atoms with van der Waals surface area (Å²) < 4.78 is 10.8. The van der Waals surface area contributed by atoms with Gasteiger partial charge < -0.3 is 14.9 Å². The van der Waals surface area contributed by atoms with E-state index in [4.69, 9.17) is 15.3 Å². The zero-order valence-corrected chi connectivity index (χ0v) is 10.2. The van der Waals surface area contributed by atoms with Crippen molar-refractivity contribution in [3.05, 3.63) is 36.2 Å². The number of para-hydroxylation sites is 2. The van der Waals surface area contributed by atoms with Crippen molar-refractivity contribution in [3.8, 4) is 17.4 Å². The molecule has 0 saturated heterocycles. The third kappa shape index (κ3) is 2.67. The Bertz CT molecular complexity index is 545. The van der Waals surface area contributed by atoms with Crippen molar-refractivity contribution >= 4 is 5.82 Å². The zero-order valence-electron chi connectivity index (χ0n) is 10.2. The number of aromatic nitrogens is 2. The first-order chi connectivity index (χ1) is 8.72. The fraction of sp³-hybridized carbons (Fsp3) is 0.167. The molecule has 0 amide bonds. The maximum Gasteiger partial charge on any atom is 0.224 e. The Balaban J connectivity index is 2.30. The number of rotatable bonds is 4. The number of aryl methyl sites for hydroxylation is 1. The maximum absolute atomic E-state index is 5.65. The summed E-state index contributed by atoms with van der Waals surface area (Å²) in [6.07, 6.45) is 0. The number of nitrogens with two attached hydrogens (primary N) is 1. The SMILES string of the molecule is COc1ccccc1Oc1cc(NN)nc(C)n1. The lowest BCUT2D eigenvalue weighted by Crippen LogP contribution is -2.09. The maximum atomic E-state index is 5.65. The van der Waals surface area contributed by atoms with E-state index in [9.17, 15) is 0 Å². The lowest BCUT2D eigenvalue weighted by Gasteiger charge is -2.10. The summed E-state index contributed by atoms with van der Waals surface area (Å²) in [7, 11) is 1.58. The van der Waals surface area contributed by atoms with Crippen LogP contribution in [0.4, 0.5) is 5.82 Å². The molecular weight excluding hydrogens is 232 g/mol. The minimum absolute atomic E-state index is 0.403. The van der Waals surface area contributed by atoms with Crippen LogP contribution in [-0.2, 0) is 0 Å². The van der Waals surface area contributed by atoms with E-state index < -0.39 is 0 Å². The highest BCUT2D eigenvalue weighted by Gasteiger charge is 2.07. The predicted molar refractivity (Wildman–Crippen MR) is 67.6 cm³/mol. The van der Waals surface area contributed by atoms with Crippen LogP contribution in [0.2, 0.25) is 0 Å². The highest BCUT2D eigenvalue weighted by atomic mass is 16.5. The van der Waals surface area contributed by atoms with Gasteiger partial charge in [0.25, 0.3) is 0 Å². The normalized spacial score (nSPS) is 9.94. The summed E-state index contributed by atoms with van der Waals surface area (Å²) >= 11 is 0. The van der Waals surface area contributed by atoms with Gasteiger partial charge in [-0.1, -0.05) is 12.1 Å². The molecule has 1 aromatic carbocycles. The number of anilines is 1. The first kappa shape index (κ1) is 12.1. The number of methoxy groups -OCH3 is 1. The number of nitrogens with zero attached hydrogens (tertiary/aromatic N) is 2. The van der Waals surface area contributed by atoms with E-state index in [1.165, 1.54) is 0 Å². The van der Waals surface area contributed by atoms with Crippen molar-refractivity contribution in [3.63, 3.8) is 0 Å². The van der Waals surface area contributed by atoms with Crippen LogP contribution in [-0.4, -0.2) is 17.1 Å². The van der Waals surface area contributed by atoms with Gasteiger partial charge >= 0.3 is 0 Å². The van der Waals surface area contributed by atoms with Crippen molar-refractivity contribution in [2.45, 2.75) is 6.92 Å². The Hall–Kier alpha value is -2.34. The number of nitrogen functional groups attached to an aromatic ring is 1. The minimum atomic E-state index is 0.403. The van der Waals surface area contributed by atoms with Crippen LogP contribution in [0.5, 0.6) is 17.4 Å². The molecule has 3 N–H and O–H groups in total. The average Bonchev–Trinajstić information content (AvgIpc) is 2.38. The summed E-state index contributed by atoms with van der Waals surface area (Å²) in [5.41, 5.74) is 2.46. The van der Waals surface area contributed by atoms with Crippen molar-refractivity contribution in [1.82, 2.24) is 9.97 Å². The van der Waals surface area contributed by atoms with Gasteiger partial charge in [0.15, 0.2) is 11.5 Å². The summed E-state index contributed by atoms with van der Waals surface area (Å²) in [6, 6.07) is 8.94.